The largest absolute Gasteiger partial charge is 0.486 e. The zero-order valence-corrected chi connectivity index (χ0v) is 15.5. The van der Waals surface area contributed by atoms with Crippen LogP contribution in [0.25, 0.3) is 0 Å². The van der Waals surface area contributed by atoms with Gasteiger partial charge >= 0.3 is 0 Å². The van der Waals surface area contributed by atoms with Crippen molar-refractivity contribution in [3.63, 3.8) is 0 Å². The summed E-state index contributed by atoms with van der Waals surface area (Å²) in [5.41, 5.74) is 0. The lowest BCUT2D eigenvalue weighted by Gasteiger charge is -2.31. The Hall–Kier alpha value is -2.22. The SMILES string of the molecule is Cc1noc([C@@H]2CCCN(C(=O)CSc3ccc4c(c3)OCCO4)C2)n1. The van der Waals surface area contributed by atoms with Crippen molar-refractivity contribution in [1.29, 1.82) is 0 Å². The summed E-state index contributed by atoms with van der Waals surface area (Å²) in [7, 11) is 0. The summed E-state index contributed by atoms with van der Waals surface area (Å²) in [6, 6.07) is 5.80. The molecule has 1 amide bonds. The summed E-state index contributed by atoms with van der Waals surface area (Å²) in [4.78, 5) is 19.8. The third-order valence-corrected chi connectivity index (χ3v) is 5.52. The number of piperidine rings is 1. The first-order chi connectivity index (χ1) is 12.7. The minimum Gasteiger partial charge on any atom is -0.486 e. The van der Waals surface area contributed by atoms with E-state index in [2.05, 4.69) is 10.1 Å². The average Bonchev–Trinajstić information content (AvgIpc) is 3.12. The predicted molar refractivity (Wildman–Crippen MR) is 95.7 cm³/mol. The molecule has 26 heavy (non-hydrogen) atoms. The molecule has 0 radical (unpaired) electrons. The van der Waals surface area contributed by atoms with Gasteiger partial charge in [0.1, 0.15) is 13.2 Å². The third kappa shape index (κ3) is 3.80. The number of carbonyl (C=O) groups excluding carboxylic acids is 1. The van der Waals surface area contributed by atoms with Gasteiger partial charge in [0, 0.05) is 18.0 Å². The van der Waals surface area contributed by atoms with Crippen molar-refractivity contribution in [2.24, 2.45) is 0 Å². The van der Waals surface area contributed by atoms with E-state index in [0.29, 0.717) is 37.2 Å². The molecule has 0 saturated carbocycles. The van der Waals surface area contributed by atoms with Gasteiger partial charge in [0.2, 0.25) is 11.8 Å². The number of amides is 1. The van der Waals surface area contributed by atoms with Gasteiger partial charge < -0.3 is 18.9 Å². The van der Waals surface area contributed by atoms with E-state index >= 15 is 0 Å². The average molecular weight is 375 g/mol. The van der Waals surface area contributed by atoms with Crippen LogP contribution in [0.2, 0.25) is 0 Å². The first-order valence-corrected chi connectivity index (χ1v) is 9.78. The molecule has 1 saturated heterocycles. The molecule has 0 bridgehead atoms. The smallest absolute Gasteiger partial charge is 0.232 e. The third-order valence-electron chi connectivity index (χ3n) is 4.54. The molecule has 8 heteroatoms. The number of thioether (sulfide) groups is 1. The number of nitrogens with zero attached hydrogens (tertiary/aromatic N) is 3. The second kappa shape index (κ2) is 7.57. The van der Waals surface area contributed by atoms with E-state index in [1.165, 1.54) is 11.8 Å². The number of rotatable bonds is 4. The lowest BCUT2D eigenvalue weighted by molar-refractivity contribution is -0.129. The lowest BCUT2D eigenvalue weighted by Crippen LogP contribution is -2.40. The van der Waals surface area contributed by atoms with Gasteiger partial charge in [0.05, 0.1) is 11.7 Å². The van der Waals surface area contributed by atoms with Gasteiger partial charge in [-0.25, -0.2) is 0 Å². The van der Waals surface area contributed by atoms with Gasteiger partial charge in [0.15, 0.2) is 17.3 Å². The molecule has 3 heterocycles. The van der Waals surface area contributed by atoms with Crippen molar-refractivity contribution >= 4 is 17.7 Å². The molecule has 4 rings (SSSR count). The van der Waals surface area contributed by atoms with E-state index in [9.17, 15) is 4.79 Å². The van der Waals surface area contributed by atoms with Crippen molar-refractivity contribution < 1.29 is 18.8 Å². The number of hydrogen-bond donors (Lipinski definition) is 0. The van der Waals surface area contributed by atoms with Gasteiger partial charge in [-0.3, -0.25) is 4.79 Å². The van der Waals surface area contributed by atoms with Crippen LogP contribution in [-0.4, -0.2) is 53.0 Å². The molecule has 1 fully saturated rings. The van der Waals surface area contributed by atoms with Crippen LogP contribution in [-0.2, 0) is 4.79 Å². The molecular formula is C18H21N3O4S. The van der Waals surface area contributed by atoms with Crippen molar-refractivity contribution in [2.75, 3.05) is 32.1 Å². The van der Waals surface area contributed by atoms with Crippen LogP contribution in [0.15, 0.2) is 27.6 Å². The second-order valence-electron chi connectivity index (χ2n) is 6.45. The normalized spacial score (nSPS) is 19.4. The molecule has 2 aromatic rings. The maximum Gasteiger partial charge on any atom is 0.232 e. The Labute approximate surface area is 156 Å². The molecule has 1 aromatic heterocycles. The molecule has 0 aliphatic carbocycles. The zero-order chi connectivity index (χ0) is 17.9. The van der Waals surface area contributed by atoms with E-state index in [0.717, 1.165) is 35.8 Å². The highest BCUT2D eigenvalue weighted by atomic mass is 32.2. The highest BCUT2D eigenvalue weighted by molar-refractivity contribution is 8.00. The van der Waals surface area contributed by atoms with Crippen molar-refractivity contribution in [3.05, 3.63) is 29.9 Å². The van der Waals surface area contributed by atoms with E-state index in [4.69, 9.17) is 14.0 Å². The van der Waals surface area contributed by atoms with Crippen LogP contribution in [0.3, 0.4) is 0 Å². The van der Waals surface area contributed by atoms with Gasteiger partial charge in [-0.05, 0) is 38.0 Å². The molecule has 7 nitrogen and oxygen atoms in total. The molecule has 0 spiro atoms. The summed E-state index contributed by atoms with van der Waals surface area (Å²) in [6.45, 7) is 4.37. The van der Waals surface area contributed by atoms with Crippen LogP contribution in [0, 0.1) is 6.92 Å². The number of hydrogen-bond acceptors (Lipinski definition) is 7. The number of benzene rings is 1. The van der Waals surface area contributed by atoms with Crippen LogP contribution >= 0.6 is 11.8 Å². The zero-order valence-electron chi connectivity index (χ0n) is 14.6. The summed E-state index contributed by atoms with van der Waals surface area (Å²) in [6.07, 6.45) is 1.92. The summed E-state index contributed by atoms with van der Waals surface area (Å²) >= 11 is 1.52. The Morgan fingerprint density at radius 1 is 1.31 bits per heavy atom. The quantitative estimate of drug-likeness (QED) is 0.760. The molecule has 1 atom stereocenters. The standard InChI is InChI=1S/C18H21N3O4S/c1-12-19-18(25-20-12)13-3-2-6-21(10-13)17(22)11-26-14-4-5-15-16(9-14)24-8-7-23-15/h4-5,9,13H,2-3,6-8,10-11H2,1H3/t13-/m1/s1. The number of fused-ring (bicyclic) bond motifs is 1. The van der Waals surface area contributed by atoms with Crippen LogP contribution < -0.4 is 9.47 Å². The van der Waals surface area contributed by atoms with Gasteiger partial charge in [-0.2, -0.15) is 4.98 Å². The molecule has 0 unspecified atom stereocenters. The second-order valence-corrected chi connectivity index (χ2v) is 7.50. The first-order valence-electron chi connectivity index (χ1n) is 8.79. The van der Waals surface area contributed by atoms with Crippen LogP contribution in [0.5, 0.6) is 11.5 Å². The fourth-order valence-electron chi connectivity index (χ4n) is 3.23. The number of carbonyl (C=O) groups is 1. The maximum atomic E-state index is 12.6. The number of aromatic nitrogens is 2. The molecular weight excluding hydrogens is 354 g/mol. The van der Waals surface area contributed by atoms with Gasteiger partial charge in [-0.15, -0.1) is 11.8 Å². The van der Waals surface area contributed by atoms with Crippen molar-refractivity contribution in [2.45, 2.75) is 30.6 Å². The van der Waals surface area contributed by atoms with E-state index < -0.39 is 0 Å². The highest BCUT2D eigenvalue weighted by Crippen LogP contribution is 2.34. The molecule has 1 aromatic carbocycles. The Balaban J connectivity index is 1.34. The molecule has 2 aliphatic heterocycles. The summed E-state index contributed by atoms with van der Waals surface area (Å²) in [5.74, 6) is 3.45. The Kier molecular flexibility index (Phi) is 5.01. The summed E-state index contributed by atoms with van der Waals surface area (Å²) < 4.78 is 16.4. The molecule has 2 aliphatic rings. The number of aryl methyl sites for hydroxylation is 1. The fourth-order valence-corrected chi connectivity index (χ4v) is 4.06. The summed E-state index contributed by atoms with van der Waals surface area (Å²) in [5, 5.41) is 3.86. The predicted octanol–water partition coefficient (Wildman–Crippen LogP) is 2.65. The monoisotopic (exact) mass is 375 g/mol. The Morgan fingerprint density at radius 2 is 2.15 bits per heavy atom. The van der Waals surface area contributed by atoms with Crippen molar-refractivity contribution in [3.8, 4) is 11.5 Å². The first kappa shape index (κ1) is 17.2. The Bertz CT molecular complexity index is 794. The van der Waals surface area contributed by atoms with Crippen LogP contribution in [0.4, 0.5) is 0 Å². The minimum atomic E-state index is 0.130. The van der Waals surface area contributed by atoms with Gasteiger partial charge in [0.25, 0.3) is 0 Å². The lowest BCUT2D eigenvalue weighted by atomic mass is 9.98. The number of likely N-dealkylation sites (tertiary alicyclic amines) is 1. The Morgan fingerprint density at radius 3 is 2.96 bits per heavy atom. The highest BCUT2D eigenvalue weighted by Gasteiger charge is 2.28. The molecule has 138 valence electrons. The minimum absolute atomic E-state index is 0.130. The van der Waals surface area contributed by atoms with E-state index in [-0.39, 0.29) is 11.8 Å². The fraction of sp³-hybridized carbons (Fsp3) is 0.500. The van der Waals surface area contributed by atoms with Crippen LogP contribution in [0.1, 0.15) is 30.5 Å². The number of ether oxygens (including phenoxy) is 2. The van der Waals surface area contributed by atoms with E-state index in [1.807, 2.05) is 30.0 Å². The van der Waals surface area contributed by atoms with E-state index in [1.54, 1.807) is 0 Å². The van der Waals surface area contributed by atoms with Crippen molar-refractivity contribution in [1.82, 2.24) is 15.0 Å². The molecule has 0 N–H and O–H groups in total. The van der Waals surface area contributed by atoms with Gasteiger partial charge in [-0.1, -0.05) is 5.16 Å². The maximum absolute atomic E-state index is 12.6. The topological polar surface area (TPSA) is 77.7 Å².